The van der Waals surface area contributed by atoms with Crippen molar-refractivity contribution in [3.63, 3.8) is 0 Å². The van der Waals surface area contributed by atoms with E-state index in [-0.39, 0.29) is 5.91 Å². The molecule has 0 saturated carbocycles. The summed E-state index contributed by atoms with van der Waals surface area (Å²) in [6.07, 6.45) is 2.54. The molecule has 4 N–H and O–H groups in total. The molecule has 1 unspecified atom stereocenters. The van der Waals surface area contributed by atoms with E-state index in [0.717, 1.165) is 31.5 Å². The van der Waals surface area contributed by atoms with Crippen LogP contribution >= 0.6 is 0 Å². The van der Waals surface area contributed by atoms with Gasteiger partial charge < -0.3 is 16.4 Å². The zero-order valence-corrected chi connectivity index (χ0v) is 11.7. The van der Waals surface area contributed by atoms with E-state index in [1.165, 1.54) is 0 Å². The first-order chi connectivity index (χ1) is 9.56. The van der Waals surface area contributed by atoms with Crippen LogP contribution in [0.2, 0.25) is 0 Å². The Kier molecular flexibility index (Phi) is 4.74. The minimum absolute atomic E-state index is 0.0174. The van der Waals surface area contributed by atoms with Gasteiger partial charge in [0.15, 0.2) is 0 Å². The van der Waals surface area contributed by atoms with Crippen LogP contribution < -0.4 is 16.4 Å². The van der Waals surface area contributed by atoms with Gasteiger partial charge in [0.1, 0.15) is 0 Å². The van der Waals surface area contributed by atoms with E-state index < -0.39 is 5.91 Å². The van der Waals surface area contributed by atoms with E-state index in [2.05, 4.69) is 10.6 Å². The van der Waals surface area contributed by atoms with Crippen molar-refractivity contribution in [2.45, 2.75) is 26.2 Å². The second kappa shape index (κ2) is 6.52. The topological polar surface area (TPSA) is 84.2 Å². The SMILES string of the molecule is Cc1ccc(NC(=O)CCC2CCNC2)cc1C(N)=O. The quantitative estimate of drug-likeness (QED) is 0.760. The van der Waals surface area contributed by atoms with Crippen LogP contribution in [0.3, 0.4) is 0 Å². The zero-order valence-electron chi connectivity index (χ0n) is 11.7. The van der Waals surface area contributed by atoms with Gasteiger partial charge in [0.25, 0.3) is 0 Å². The summed E-state index contributed by atoms with van der Waals surface area (Å²) in [5, 5.41) is 6.11. The Morgan fingerprint density at radius 3 is 2.90 bits per heavy atom. The van der Waals surface area contributed by atoms with Gasteiger partial charge in [-0.25, -0.2) is 0 Å². The van der Waals surface area contributed by atoms with Crippen molar-refractivity contribution in [1.82, 2.24) is 5.32 Å². The largest absolute Gasteiger partial charge is 0.366 e. The molecule has 1 aromatic rings. The Hall–Kier alpha value is -1.88. The fourth-order valence-corrected chi connectivity index (χ4v) is 2.48. The summed E-state index contributed by atoms with van der Waals surface area (Å²) in [5.41, 5.74) is 7.18. The third-order valence-corrected chi connectivity index (χ3v) is 3.73. The van der Waals surface area contributed by atoms with E-state index in [0.29, 0.717) is 23.6 Å². The summed E-state index contributed by atoms with van der Waals surface area (Å²) in [5.74, 6) is 0.103. The zero-order chi connectivity index (χ0) is 14.5. The number of primary amides is 1. The highest BCUT2D eigenvalue weighted by atomic mass is 16.2. The number of carbonyl (C=O) groups excluding carboxylic acids is 2. The molecule has 1 aromatic carbocycles. The number of nitrogens with one attached hydrogen (secondary N) is 2. The average Bonchev–Trinajstić information content (AvgIpc) is 2.91. The lowest BCUT2D eigenvalue weighted by molar-refractivity contribution is -0.116. The fraction of sp³-hybridized carbons (Fsp3) is 0.467. The highest BCUT2D eigenvalue weighted by Crippen LogP contribution is 2.17. The number of carbonyl (C=O) groups is 2. The van der Waals surface area contributed by atoms with Crippen LogP contribution in [0.1, 0.15) is 35.2 Å². The molecule has 0 radical (unpaired) electrons. The van der Waals surface area contributed by atoms with Crippen molar-refractivity contribution in [2.75, 3.05) is 18.4 Å². The van der Waals surface area contributed by atoms with Crippen molar-refractivity contribution in [2.24, 2.45) is 11.7 Å². The van der Waals surface area contributed by atoms with Gasteiger partial charge in [-0.1, -0.05) is 6.07 Å². The van der Waals surface area contributed by atoms with Crippen LogP contribution in [-0.2, 0) is 4.79 Å². The Labute approximate surface area is 118 Å². The Morgan fingerprint density at radius 2 is 2.25 bits per heavy atom. The van der Waals surface area contributed by atoms with Gasteiger partial charge in [-0.2, -0.15) is 0 Å². The minimum Gasteiger partial charge on any atom is -0.366 e. The minimum atomic E-state index is -0.476. The molecule has 0 aromatic heterocycles. The smallest absolute Gasteiger partial charge is 0.249 e. The van der Waals surface area contributed by atoms with Crippen molar-refractivity contribution >= 4 is 17.5 Å². The van der Waals surface area contributed by atoms with Crippen molar-refractivity contribution in [1.29, 1.82) is 0 Å². The predicted molar refractivity (Wildman–Crippen MR) is 78.5 cm³/mol. The van der Waals surface area contributed by atoms with E-state index in [1.54, 1.807) is 18.2 Å². The van der Waals surface area contributed by atoms with Gasteiger partial charge in [-0.15, -0.1) is 0 Å². The van der Waals surface area contributed by atoms with E-state index in [4.69, 9.17) is 5.73 Å². The summed E-state index contributed by atoms with van der Waals surface area (Å²) in [6, 6.07) is 5.21. The molecule has 0 aliphatic carbocycles. The highest BCUT2D eigenvalue weighted by molar-refractivity contribution is 5.97. The van der Waals surface area contributed by atoms with Crippen LogP contribution in [0.4, 0.5) is 5.69 Å². The normalized spacial score (nSPS) is 17.9. The number of nitrogens with two attached hydrogens (primary N) is 1. The molecule has 0 bridgehead atoms. The van der Waals surface area contributed by atoms with Crippen molar-refractivity contribution in [3.05, 3.63) is 29.3 Å². The fourth-order valence-electron chi connectivity index (χ4n) is 2.48. The molecule has 5 heteroatoms. The first-order valence-electron chi connectivity index (χ1n) is 6.97. The molecule has 0 spiro atoms. The lowest BCUT2D eigenvalue weighted by atomic mass is 10.0. The summed E-state index contributed by atoms with van der Waals surface area (Å²) in [7, 11) is 0. The second-order valence-corrected chi connectivity index (χ2v) is 5.34. The van der Waals surface area contributed by atoms with Crippen LogP contribution in [0.25, 0.3) is 0 Å². The average molecular weight is 275 g/mol. The second-order valence-electron chi connectivity index (χ2n) is 5.34. The summed E-state index contributed by atoms with van der Waals surface area (Å²) in [4.78, 5) is 23.1. The third-order valence-electron chi connectivity index (χ3n) is 3.73. The number of aryl methyl sites for hydroxylation is 1. The van der Waals surface area contributed by atoms with Crippen LogP contribution in [0, 0.1) is 12.8 Å². The maximum atomic E-state index is 11.9. The lowest BCUT2D eigenvalue weighted by Crippen LogP contribution is -2.16. The highest BCUT2D eigenvalue weighted by Gasteiger charge is 2.16. The molecule has 1 atom stereocenters. The molecule has 5 nitrogen and oxygen atoms in total. The van der Waals surface area contributed by atoms with Gasteiger partial charge in [0.05, 0.1) is 0 Å². The van der Waals surface area contributed by atoms with Crippen LogP contribution in [-0.4, -0.2) is 24.9 Å². The van der Waals surface area contributed by atoms with Crippen molar-refractivity contribution < 1.29 is 9.59 Å². The van der Waals surface area contributed by atoms with Crippen molar-refractivity contribution in [3.8, 4) is 0 Å². The van der Waals surface area contributed by atoms with Gasteiger partial charge >= 0.3 is 0 Å². The van der Waals surface area contributed by atoms with Gasteiger partial charge in [-0.05, 0) is 56.5 Å². The standard InChI is InChI=1S/C15H21N3O2/c1-10-2-4-12(8-13(10)15(16)20)18-14(19)5-3-11-6-7-17-9-11/h2,4,8,11,17H,3,5-7,9H2,1H3,(H2,16,20)(H,18,19). The molecule has 1 saturated heterocycles. The Bertz CT molecular complexity index is 508. The first kappa shape index (κ1) is 14.5. The Morgan fingerprint density at radius 1 is 1.45 bits per heavy atom. The van der Waals surface area contributed by atoms with Crippen LogP contribution in [0.5, 0.6) is 0 Å². The van der Waals surface area contributed by atoms with Gasteiger partial charge in [0, 0.05) is 17.7 Å². The van der Waals surface area contributed by atoms with Gasteiger partial charge in [-0.3, -0.25) is 9.59 Å². The molecule has 1 aliphatic heterocycles. The number of hydrogen-bond acceptors (Lipinski definition) is 3. The molecule has 108 valence electrons. The molecule has 1 heterocycles. The molecular formula is C15H21N3O2. The maximum Gasteiger partial charge on any atom is 0.249 e. The monoisotopic (exact) mass is 275 g/mol. The van der Waals surface area contributed by atoms with E-state index in [1.807, 2.05) is 6.92 Å². The number of hydrogen-bond donors (Lipinski definition) is 3. The molecule has 20 heavy (non-hydrogen) atoms. The molecule has 2 rings (SSSR count). The molecular weight excluding hydrogens is 254 g/mol. The summed E-state index contributed by atoms with van der Waals surface area (Å²) >= 11 is 0. The number of rotatable bonds is 5. The predicted octanol–water partition coefficient (Wildman–Crippen LogP) is 1.42. The maximum absolute atomic E-state index is 11.9. The molecule has 1 aliphatic rings. The molecule has 1 fully saturated rings. The number of benzene rings is 1. The Balaban J connectivity index is 1.90. The van der Waals surface area contributed by atoms with Crippen LogP contribution in [0.15, 0.2) is 18.2 Å². The summed E-state index contributed by atoms with van der Waals surface area (Å²) < 4.78 is 0. The molecule has 2 amide bonds. The number of amides is 2. The lowest BCUT2D eigenvalue weighted by Gasteiger charge is -2.10. The third kappa shape index (κ3) is 3.81. The number of anilines is 1. The first-order valence-corrected chi connectivity index (χ1v) is 6.97. The van der Waals surface area contributed by atoms with Gasteiger partial charge in [0.2, 0.25) is 11.8 Å². The van der Waals surface area contributed by atoms with E-state index in [9.17, 15) is 9.59 Å². The summed E-state index contributed by atoms with van der Waals surface area (Å²) in [6.45, 7) is 3.87. The van der Waals surface area contributed by atoms with E-state index >= 15 is 0 Å².